The number of hydrogen-bond donors (Lipinski definition) is 0. The molecule has 2 heterocycles. The largest absolute Gasteiger partial charge is 1.00 e. The fourth-order valence-electron chi connectivity index (χ4n) is 0.904. The molecule has 0 aliphatic rings. The first-order chi connectivity index (χ1) is 4.97. The summed E-state index contributed by atoms with van der Waals surface area (Å²) < 4.78 is 0. The van der Waals surface area contributed by atoms with Gasteiger partial charge in [0.05, 0.1) is 11.0 Å². The number of fused-ring (bicyclic) bond motifs is 1. The summed E-state index contributed by atoms with van der Waals surface area (Å²) in [4.78, 5) is 8.24. The number of aromatic nitrogens is 2. The number of pyridine rings is 2. The summed E-state index contributed by atoms with van der Waals surface area (Å²) >= 11 is 0. The zero-order valence-electron chi connectivity index (χ0n) is 6.36. The van der Waals surface area contributed by atoms with Crippen molar-refractivity contribution in [2.24, 2.45) is 0 Å². The molecule has 0 aromatic carbocycles. The molecule has 0 saturated carbocycles. The van der Waals surface area contributed by atoms with Crippen LogP contribution >= 0.6 is 0 Å². The van der Waals surface area contributed by atoms with Gasteiger partial charge in [0.1, 0.15) is 0 Å². The van der Waals surface area contributed by atoms with Crippen LogP contribution in [0.3, 0.4) is 0 Å². The Morgan fingerprint density at radius 2 is 1.40 bits per heavy atom. The fourth-order valence-corrected chi connectivity index (χ4v) is 0.904. The van der Waals surface area contributed by atoms with Gasteiger partial charge >= 0.3 is 1.43 Å². The summed E-state index contributed by atoms with van der Waals surface area (Å²) in [5.41, 5.74) is 1.90. The highest BCUT2D eigenvalue weighted by molar-refractivity contribution is 5.72. The minimum Gasteiger partial charge on any atom is -0.255 e. The summed E-state index contributed by atoms with van der Waals surface area (Å²) in [6.07, 6.45) is 3.54. The molecule has 0 aliphatic carbocycles. The van der Waals surface area contributed by atoms with Gasteiger partial charge in [-0.2, -0.15) is 0 Å². The third-order valence-electron chi connectivity index (χ3n) is 1.37. The van der Waals surface area contributed by atoms with Crippen molar-refractivity contribution in [1.29, 1.82) is 0 Å². The van der Waals surface area contributed by atoms with Crippen LogP contribution in [-0.4, -0.2) is 9.97 Å². The van der Waals surface area contributed by atoms with Gasteiger partial charge in [-0.1, -0.05) is 0 Å². The van der Waals surface area contributed by atoms with Gasteiger partial charge in [-0.15, -0.1) is 0 Å². The lowest BCUT2D eigenvalue weighted by molar-refractivity contribution is 1.34. The monoisotopic (exact) mass is 131 g/mol. The lowest BCUT2D eigenvalue weighted by Gasteiger charge is -1.90. The molecular weight excluding hydrogens is 124 g/mol. The molecule has 2 rings (SSSR count). The van der Waals surface area contributed by atoms with Crippen LogP contribution in [0.5, 0.6) is 0 Å². The van der Waals surface area contributed by atoms with E-state index >= 15 is 0 Å². The second-order valence-corrected chi connectivity index (χ2v) is 2.05. The van der Waals surface area contributed by atoms with Crippen LogP contribution < -0.4 is 0 Å². The van der Waals surface area contributed by atoms with Crippen LogP contribution in [0.2, 0.25) is 0 Å². The van der Waals surface area contributed by atoms with Gasteiger partial charge in [-0.25, -0.2) is 0 Å². The van der Waals surface area contributed by atoms with Crippen LogP contribution in [0.4, 0.5) is 0 Å². The van der Waals surface area contributed by atoms with Crippen molar-refractivity contribution in [2.75, 3.05) is 0 Å². The average molecular weight is 131 g/mol. The molecular formula is C8H7N2+. The SMILES string of the molecule is [H+].c1cnc2cccnc2c1. The highest BCUT2D eigenvalue weighted by atomic mass is 14.7. The van der Waals surface area contributed by atoms with Gasteiger partial charge < -0.3 is 0 Å². The molecule has 2 aromatic heterocycles. The van der Waals surface area contributed by atoms with Crippen molar-refractivity contribution in [3.8, 4) is 0 Å². The fraction of sp³-hybridized carbons (Fsp3) is 0. The highest BCUT2D eigenvalue weighted by Gasteiger charge is 1.88. The first-order valence-corrected chi connectivity index (χ1v) is 3.12. The summed E-state index contributed by atoms with van der Waals surface area (Å²) in [6, 6.07) is 7.66. The Kier molecular flexibility index (Phi) is 1.10. The zero-order chi connectivity index (χ0) is 6.81. The van der Waals surface area contributed by atoms with Crippen molar-refractivity contribution < 1.29 is 1.43 Å². The van der Waals surface area contributed by atoms with Crippen LogP contribution in [0, 0.1) is 0 Å². The molecule has 0 unspecified atom stereocenters. The Hall–Kier alpha value is -1.44. The first kappa shape index (κ1) is 5.35. The van der Waals surface area contributed by atoms with Crippen molar-refractivity contribution in [3.63, 3.8) is 0 Å². The third-order valence-corrected chi connectivity index (χ3v) is 1.37. The van der Waals surface area contributed by atoms with E-state index in [9.17, 15) is 0 Å². The van der Waals surface area contributed by atoms with Crippen LogP contribution in [0.1, 0.15) is 1.43 Å². The maximum absolute atomic E-state index is 4.12. The first-order valence-electron chi connectivity index (χ1n) is 3.12. The van der Waals surface area contributed by atoms with E-state index in [1.165, 1.54) is 0 Å². The molecule has 0 fully saturated rings. The van der Waals surface area contributed by atoms with Gasteiger partial charge in [0.25, 0.3) is 0 Å². The molecule has 0 aliphatic heterocycles. The summed E-state index contributed by atoms with van der Waals surface area (Å²) in [5, 5.41) is 0. The quantitative estimate of drug-likeness (QED) is 0.544. The van der Waals surface area contributed by atoms with E-state index in [2.05, 4.69) is 9.97 Å². The normalized spacial score (nSPS) is 10.0. The van der Waals surface area contributed by atoms with Gasteiger partial charge in [0, 0.05) is 12.4 Å². The molecule has 0 amide bonds. The maximum Gasteiger partial charge on any atom is 1.00 e. The highest BCUT2D eigenvalue weighted by Crippen LogP contribution is 2.04. The molecule has 0 spiro atoms. The predicted molar refractivity (Wildman–Crippen MR) is 40.7 cm³/mol. The van der Waals surface area contributed by atoms with Gasteiger partial charge in [0.2, 0.25) is 0 Å². The van der Waals surface area contributed by atoms with Crippen LogP contribution in [0.25, 0.3) is 11.0 Å². The van der Waals surface area contributed by atoms with Crippen molar-refractivity contribution in [1.82, 2.24) is 9.97 Å². The zero-order valence-corrected chi connectivity index (χ0v) is 5.36. The van der Waals surface area contributed by atoms with Crippen LogP contribution in [-0.2, 0) is 0 Å². The number of hydrogen-bond acceptors (Lipinski definition) is 2. The average Bonchev–Trinajstić information content (AvgIpc) is 2.05. The Labute approximate surface area is 60.0 Å². The minimum absolute atomic E-state index is 0. The standard InChI is InChI=1S/C8H6N2/c1-3-7-8(9-5-1)4-2-6-10-7/h1-6H/p+1. The second-order valence-electron chi connectivity index (χ2n) is 2.05. The van der Waals surface area contributed by atoms with Crippen molar-refractivity contribution in [3.05, 3.63) is 36.7 Å². The maximum atomic E-state index is 4.12. The predicted octanol–water partition coefficient (Wildman–Crippen LogP) is 1.74. The molecule has 2 nitrogen and oxygen atoms in total. The second kappa shape index (κ2) is 2.06. The van der Waals surface area contributed by atoms with Crippen molar-refractivity contribution >= 4 is 11.0 Å². The minimum atomic E-state index is 0. The summed E-state index contributed by atoms with van der Waals surface area (Å²) in [6.45, 7) is 0. The van der Waals surface area contributed by atoms with Gasteiger partial charge in [-0.3, -0.25) is 9.97 Å². The molecule has 48 valence electrons. The van der Waals surface area contributed by atoms with E-state index in [4.69, 9.17) is 0 Å². The molecule has 2 heteroatoms. The van der Waals surface area contributed by atoms with Gasteiger partial charge in [0.15, 0.2) is 0 Å². The van der Waals surface area contributed by atoms with E-state index in [1.807, 2.05) is 24.3 Å². The van der Waals surface area contributed by atoms with Crippen molar-refractivity contribution in [2.45, 2.75) is 0 Å². The van der Waals surface area contributed by atoms with E-state index in [0.717, 1.165) is 11.0 Å². The lowest BCUT2D eigenvalue weighted by Crippen LogP contribution is -1.78. The summed E-state index contributed by atoms with van der Waals surface area (Å²) in [7, 11) is 0. The molecule has 0 bridgehead atoms. The molecule has 0 radical (unpaired) electrons. The Morgan fingerprint density at radius 3 is 1.90 bits per heavy atom. The van der Waals surface area contributed by atoms with Crippen LogP contribution in [0.15, 0.2) is 36.7 Å². The van der Waals surface area contributed by atoms with E-state index in [0.29, 0.717) is 0 Å². The Morgan fingerprint density at radius 1 is 0.900 bits per heavy atom. The molecule has 2 aromatic rings. The van der Waals surface area contributed by atoms with E-state index in [1.54, 1.807) is 12.4 Å². The summed E-state index contributed by atoms with van der Waals surface area (Å²) in [5.74, 6) is 0. The topological polar surface area (TPSA) is 25.8 Å². The molecule has 0 saturated heterocycles. The number of nitrogens with zero attached hydrogens (tertiary/aromatic N) is 2. The molecule has 0 N–H and O–H groups in total. The molecule has 0 atom stereocenters. The lowest BCUT2D eigenvalue weighted by atomic mass is 10.3. The Bertz CT molecular complexity index is 283. The smallest absolute Gasteiger partial charge is 0.255 e. The van der Waals surface area contributed by atoms with E-state index < -0.39 is 0 Å². The van der Waals surface area contributed by atoms with Gasteiger partial charge in [-0.05, 0) is 24.3 Å². The molecule has 10 heavy (non-hydrogen) atoms. The number of rotatable bonds is 0. The Balaban J connectivity index is 0.000000605. The van der Waals surface area contributed by atoms with E-state index in [-0.39, 0.29) is 1.43 Å². The third kappa shape index (κ3) is 0.739.